The zero-order chi connectivity index (χ0) is 87.4. The molecule has 0 spiro atoms. The molecule has 132 heavy (non-hydrogen) atoms. The van der Waals surface area contributed by atoms with E-state index >= 15 is 0 Å². The largest absolute Gasteiger partial charge is 0.457 e. The Morgan fingerprint density at radius 1 is 0.182 bits per heavy atom. The van der Waals surface area contributed by atoms with Crippen LogP contribution in [0.1, 0.15) is 184 Å². The Morgan fingerprint density at radius 2 is 0.394 bits per heavy atom. The third kappa shape index (κ3) is 14.9. The summed E-state index contributed by atoms with van der Waals surface area (Å²) in [5, 5.41) is 0. The Morgan fingerprint density at radius 3 is 0.652 bits per heavy atom. The topological polar surface area (TPSA) is 182 Å². The highest BCUT2D eigenvalue weighted by molar-refractivity contribution is 5.86. The van der Waals surface area contributed by atoms with E-state index in [2.05, 4.69) is 127 Å². The van der Waals surface area contributed by atoms with E-state index in [4.69, 9.17) is 75.8 Å². The van der Waals surface area contributed by atoms with Crippen molar-refractivity contribution in [1.29, 1.82) is 0 Å². The van der Waals surface area contributed by atoms with Crippen molar-refractivity contribution in [3.63, 3.8) is 0 Å². The van der Waals surface area contributed by atoms with Gasteiger partial charge in [-0.2, -0.15) is 0 Å². The molecular formula is C114H80O18. The number of carbonyl (C=O) groups is 2. The standard InChI is InChI=1S/C114H80O18/c115-63-97-99-31-16-32-100(97)124-84-46-71-44-82(54-84)120-76-28-15-30-78(51-76)122-102-48-72-47-101(98(102)64-116)121-77-29-14-27-75(50-77)119-80-42-69-41-79(52-80)117-73-25-13-26-74(49-73)118-81-43-70(45-83(53-81)123-99)112-127-104-59-103-89-55-90(104)86(38-34-66-19-7-2-8-20-66)91-56-92-87(39-35-67-21-9-3-10-22-67)94-58-96-88(40-36-68-23-11-4-12-24-68)95-57-93(85(89)37-33-65-17-5-1-6-18-65)107(126-111(69)125-103)61-109(95)131-114(72)132-110(96)62-108(94)130-113(71)129-106(92)60-105(91)128-112/h1-32,41-64,85-88,111-114H,33-40H2. The van der Waals surface area contributed by atoms with E-state index in [9.17, 15) is 9.59 Å². The molecule has 9 aliphatic rings. The number of benzene rings is 16. The Labute approximate surface area is 759 Å². The van der Waals surface area contributed by atoms with Gasteiger partial charge in [0.2, 0.25) is 0 Å². The van der Waals surface area contributed by atoms with Crippen molar-refractivity contribution in [2.45, 2.75) is 100 Å². The summed E-state index contributed by atoms with van der Waals surface area (Å²) in [6.45, 7) is 0. The Hall–Kier alpha value is -16.3. The first-order chi connectivity index (χ1) is 65.1. The van der Waals surface area contributed by atoms with Crippen LogP contribution in [0.5, 0.6) is 138 Å². The average molecular weight is 1740 g/mol. The van der Waals surface area contributed by atoms with Gasteiger partial charge in [-0.3, -0.25) is 9.59 Å². The first-order valence-corrected chi connectivity index (χ1v) is 44.7. The molecule has 8 atom stereocenters. The molecule has 8 heterocycles. The SMILES string of the molecule is O=Cc1c2cccc1Oc1cc3cc(c1)C1Oc4cc5c6cc4C(CCc4ccccc4)c4cc7c(cc4O1)OC1Oc4cc8c(cc4C7CCc4ccccc4)C(CCc4ccccc4)c4cc(c7cc4OC(O8)c4cc(cc(c4)Oc4cccc(c4)Oc4cc1cc(c4C=O)Oc1cccc(c1)O3)Oc1cccc(c1)Oc1cc(cc(c1)C(O7)O5)O2)C6CCc1ccccc1. The molecule has 0 aromatic heterocycles. The number of aryl methyl sites for hydroxylation is 4. The molecular weight excluding hydrogens is 1660 g/mol. The van der Waals surface area contributed by atoms with Crippen molar-refractivity contribution in [3.05, 3.63) is 428 Å². The van der Waals surface area contributed by atoms with Gasteiger partial charge in [-0.05, 0) is 195 Å². The molecule has 8 aliphatic heterocycles. The van der Waals surface area contributed by atoms with Crippen molar-refractivity contribution in [2.24, 2.45) is 0 Å². The van der Waals surface area contributed by atoms with Crippen LogP contribution in [0.25, 0.3) is 0 Å². The number of hydrogen-bond acceptors (Lipinski definition) is 18. The molecule has 25 rings (SSSR count). The van der Waals surface area contributed by atoms with E-state index in [0.29, 0.717) is 172 Å². The summed E-state index contributed by atoms with van der Waals surface area (Å²) >= 11 is 0. The Kier molecular flexibility index (Phi) is 19.2. The number of fused-ring (bicyclic) bond motifs is 16. The highest BCUT2D eigenvalue weighted by atomic mass is 16.7. The van der Waals surface area contributed by atoms with Crippen LogP contribution in [0.2, 0.25) is 0 Å². The van der Waals surface area contributed by atoms with E-state index < -0.39 is 48.8 Å². The second kappa shape index (κ2) is 32.4. The molecule has 0 amide bonds. The number of aldehydes is 2. The van der Waals surface area contributed by atoms with Gasteiger partial charge in [0, 0.05) is 151 Å². The summed E-state index contributed by atoms with van der Waals surface area (Å²) in [5.41, 5.74) is 13.0. The highest BCUT2D eigenvalue weighted by Crippen LogP contribution is 2.60. The van der Waals surface area contributed by atoms with Crippen molar-refractivity contribution >= 4 is 12.6 Å². The molecule has 644 valence electrons. The maximum atomic E-state index is 14.5. The molecule has 0 fully saturated rings. The maximum absolute atomic E-state index is 14.5. The van der Waals surface area contributed by atoms with E-state index in [-0.39, 0.29) is 62.9 Å². The van der Waals surface area contributed by atoms with E-state index in [1.807, 2.05) is 109 Å². The predicted octanol–water partition coefficient (Wildman–Crippen LogP) is 28.2. The molecule has 40 bridgehead atoms. The van der Waals surface area contributed by atoms with Gasteiger partial charge in [0.1, 0.15) is 138 Å². The van der Waals surface area contributed by atoms with Crippen molar-refractivity contribution < 1.29 is 85.4 Å². The summed E-state index contributed by atoms with van der Waals surface area (Å²) in [5.74, 6) is 5.30. The summed E-state index contributed by atoms with van der Waals surface area (Å²) in [6.07, 6.45) is 0.417. The van der Waals surface area contributed by atoms with Gasteiger partial charge < -0.3 is 75.8 Å². The summed E-state index contributed by atoms with van der Waals surface area (Å²) in [6, 6.07) is 106. The minimum Gasteiger partial charge on any atom is -0.457 e. The first kappa shape index (κ1) is 78.0. The van der Waals surface area contributed by atoms with Gasteiger partial charge >= 0.3 is 0 Å². The van der Waals surface area contributed by atoms with E-state index in [1.165, 1.54) is 0 Å². The lowest BCUT2D eigenvalue weighted by atomic mass is 9.75. The summed E-state index contributed by atoms with van der Waals surface area (Å²) in [7, 11) is 0. The summed E-state index contributed by atoms with van der Waals surface area (Å²) in [4.78, 5) is 28.8. The number of rotatable bonds is 14. The van der Waals surface area contributed by atoms with Crippen LogP contribution in [-0.4, -0.2) is 12.6 Å². The summed E-state index contributed by atoms with van der Waals surface area (Å²) < 4.78 is 121. The van der Waals surface area contributed by atoms with Gasteiger partial charge in [0.25, 0.3) is 25.2 Å². The third-order valence-corrected chi connectivity index (χ3v) is 26.2. The Balaban J connectivity index is 0.874. The van der Waals surface area contributed by atoms with E-state index in [1.54, 1.807) is 91.0 Å². The van der Waals surface area contributed by atoms with Crippen LogP contribution in [-0.2, 0) is 25.7 Å². The fraction of sp³-hybridized carbons (Fsp3) is 0.140. The van der Waals surface area contributed by atoms with Crippen LogP contribution >= 0.6 is 0 Å². The Bertz CT molecular complexity index is 7170. The van der Waals surface area contributed by atoms with Gasteiger partial charge in [0.05, 0.1) is 11.1 Å². The second-order valence-corrected chi connectivity index (χ2v) is 34.6. The van der Waals surface area contributed by atoms with Crippen LogP contribution in [0.3, 0.4) is 0 Å². The van der Waals surface area contributed by atoms with Gasteiger partial charge in [0.15, 0.2) is 12.6 Å². The molecule has 16 aromatic rings. The molecule has 18 nitrogen and oxygen atoms in total. The first-order valence-electron chi connectivity index (χ1n) is 44.7. The minimum absolute atomic E-state index is 0.0481. The minimum atomic E-state index is -1.42. The quantitative estimate of drug-likeness (QED) is 0.0936. The molecule has 0 saturated carbocycles. The highest BCUT2D eigenvalue weighted by Gasteiger charge is 2.43. The molecule has 0 saturated heterocycles. The molecule has 8 unspecified atom stereocenters. The lowest BCUT2D eigenvalue weighted by Gasteiger charge is -2.38. The zero-order valence-corrected chi connectivity index (χ0v) is 71.0. The van der Waals surface area contributed by atoms with Crippen molar-refractivity contribution in [1.82, 2.24) is 0 Å². The number of ether oxygens (including phenoxy) is 16. The molecule has 0 N–H and O–H groups in total. The van der Waals surface area contributed by atoms with E-state index in [0.717, 1.165) is 66.8 Å². The normalized spacial score (nSPS) is 18.4. The fourth-order valence-corrected chi connectivity index (χ4v) is 19.9. The number of hydrogen-bond donors (Lipinski definition) is 0. The lowest BCUT2D eigenvalue weighted by molar-refractivity contribution is -0.0123. The van der Waals surface area contributed by atoms with Gasteiger partial charge in [-0.25, -0.2) is 0 Å². The number of carbonyl (C=O) groups excluding carboxylic acids is 2. The van der Waals surface area contributed by atoms with Crippen LogP contribution in [0.15, 0.2) is 328 Å². The van der Waals surface area contributed by atoms with Crippen LogP contribution < -0.4 is 75.8 Å². The molecule has 18 heteroatoms. The zero-order valence-electron chi connectivity index (χ0n) is 71.0. The lowest BCUT2D eigenvalue weighted by Crippen LogP contribution is -2.26. The molecule has 16 aromatic carbocycles. The average Bonchev–Trinajstić information content (AvgIpc) is 0.724. The molecule has 1 aliphatic carbocycles. The van der Waals surface area contributed by atoms with Crippen molar-refractivity contribution in [2.75, 3.05) is 0 Å². The maximum Gasteiger partial charge on any atom is 0.267 e. The monoisotopic (exact) mass is 1740 g/mol. The van der Waals surface area contributed by atoms with Gasteiger partial charge in [-0.1, -0.05) is 146 Å². The van der Waals surface area contributed by atoms with Gasteiger partial charge in [-0.15, -0.1) is 0 Å². The predicted molar refractivity (Wildman–Crippen MR) is 491 cm³/mol. The van der Waals surface area contributed by atoms with Crippen molar-refractivity contribution in [3.8, 4) is 138 Å². The smallest absolute Gasteiger partial charge is 0.267 e. The fourth-order valence-electron chi connectivity index (χ4n) is 19.9. The second-order valence-electron chi connectivity index (χ2n) is 34.6. The molecule has 0 radical (unpaired) electrons. The van der Waals surface area contributed by atoms with Crippen LogP contribution in [0, 0.1) is 0 Å². The third-order valence-electron chi connectivity index (χ3n) is 26.2. The van der Waals surface area contributed by atoms with Crippen LogP contribution in [0.4, 0.5) is 0 Å².